The summed E-state index contributed by atoms with van der Waals surface area (Å²) in [5, 5.41) is 5.24. The van der Waals surface area contributed by atoms with Crippen LogP contribution in [0.4, 0.5) is 0 Å². The second-order valence-corrected chi connectivity index (χ2v) is 6.87. The third-order valence-electron chi connectivity index (χ3n) is 3.89. The standard InChI is InChI=1S/C21H23N3OS/c22-21(23-13-12-19-10-6-14-26-19)24-15-18-9-4-5-11-20(18)25-16-17-7-2-1-3-8-17/h1-11,14H,12-13,15-16H2,(H3,22,23,24). The van der Waals surface area contributed by atoms with Crippen molar-refractivity contribution in [3.8, 4) is 5.75 Å². The van der Waals surface area contributed by atoms with Crippen LogP contribution in [0.15, 0.2) is 77.1 Å². The summed E-state index contributed by atoms with van der Waals surface area (Å²) in [4.78, 5) is 5.77. The molecule has 3 N–H and O–H groups in total. The molecular weight excluding hydrogens is 342 g/mol. The number of guanidine groups is 1. The highest BCUT2D eigenvalue weighted by Crippen LogP contribution is 2.20. The van der Waals surface area contributed by atoms with Crippen molar-refractivity contribution in [2.75, 3.05) is 6.54 Å². The van der Waals surface area contributed by atoms with E-state index < -0.39 is 0 Å². The Balaban J connectivity index is 1.52. The lowest BCUT2D eigenvalue weighted by atomic mass is 10.2. The molecule has 0 fully saturated rings. The highest BCUT2D eigenvalue weighted by Gasteiger charge is 2.03. The molecule has 134 valence electrons. The second kappa shape index (κ2) is 9.63. The van der Waals surface area contributed by atoms with Crippen LogP contribution >= 0.6 is 11.3 Å². The van der Waals surface area contributed by atoms with E-state index in [-0.39, 0.29) is 0 Å². The first-order valence-corrected chi connectivity index (χ1v) is 9.50. The molecule has 0 aliphatic carbocycles. The van der Waals surface area contributed by atoms with Crippen molar-refractivity contribution in [1.82, 2.24) is 5.32 Å². The number of thiophene rings is 1. The third kappa shape index (κ3) is 5.63. The van der Waals surface area contributed by atoms with Gasteiger partial charge in [0.2, 0.25) is 0 Å². The van der Waals surface area contributed by atoms with Gasteiger partial charge >= 0.3 is 0 Å². The molecule has 0 unspecified atom stereocenters. The lowest BCUT2D eigenvalue weighted by Crippen LogP contribution is -2.33. The first-order chi connectivity index (χ1) is 12.8. The van der Waals surface area contributed by atoms with Crippen LogP contribution in [0.3, 0.4) is 0 Å². The maximum absolute atomic E-state index is 5.98. The van der Waals surface area contributed by atoms with Crippen molar-refractivity contribution in [2.24, 2.45) is 10.7 Å². The number of hydrogen-bond donors (Lipinski definition) is 2. The number of aliphatic imine (C=N–C) groups is 1. The van der Waals surface area contributed by atoms with E-state index >= 15 is 0 Å². The van der Waals surface area contributed by atoms with Crippen molar-refractivity contribution in [3.05, 3.63) is 88.1 Å². The van der Waals surface area contributed by atoms with Crippen LogP contribution in [0.5, 0.6) is 5.75 Å². The predicted octanol–water partition coefficient (Wildman–Crippen LogP) is 3.97. The number of para-hydroxylation sites is 1. The predicted molar refractivity (Wildman–Crippen MR) is 109 cm³/mol. The van der Waals surface area contributed by atoms with Crippen LogP contribution in [0.1, 0.15) is 16.0 Å². The first-order valence-electron chi connectivity index (χ1n) is 8.62. The summed E-state index contributed by atoms with van der Waals surface area (Å²) in [5.74, 6) is 1.30. The molecule has 0 atom stereocenters. The highest BCUT2D eigenvalue weighted by molar-refractivity contribution is 7.09. The van der Waals surface area contributed by atoms with Crippen molar-refractivity contribution in [2.45, 2.75) is 19.6 Å². The molecule has 3 rings (SSSR count). The van der Waals surface area contributed by atoms with E-state index in [2.05, 4.69) is 40.0 Å². The molecule has 0 saturated heterocycles. The minimum atomic E-state index is 0.458. The molecule has 0 spiro atoms. The van der Waals surface area contributed by atoms with E-state index in [1.165, 1.54) is 4.88 Å². The van der Waals surface area contributed by atoms with Gasteiger partial charge in [-0.2, -0.15) is 0 Å². The number of nitrogens with two attached hydrogens (primary N) is 1. The third-order valence-corrected chi connectivity index (χ3v) is 4.82. The minimum absolute atomic E-state index is 0.458. The average molecular weight is 366 g/mol. The molecule has 0 amide bonds. The van der Waals surface area contributed by atoms with Crippen molar-refractivity contribution >= 4 is 17.3 Å². The zero-order chi connectivity index (χ0) is 18.0. The second-order valence-electron chi connectivity index (χ2n) is 5.84. The Kier molecular flexibility index (Phi) is 6.67. The molecule has 1 heterocycles. The maximum Gasteiger partial charge on any atom is 0.188 e. The van der Waals surface area contributed by atoms with Gasteiger partial charge in [-0.05, 0) is 29.5 Å². The Morgan fingerprint density at radius 1 is 1.00 bits per heavy atom. The summed E-state index contributed by atoms with van der Waals surface area (Å²) < 4.78 is 5.96. The molecule has 4 nitrogen and oxygen atoms in total. The maximum atomic E-state index is 5.98. The number of rotatable bonds is 8. The Hall–Kier alpha value is -2.79. The van der Waals surface area contributed by atoms with E-state index in [4.69, 9.17) is 10.5 Å². The lowest BCUT2D eigenvalue weighted by Gasteiger charge is -2.11. The van der Waals surface area contributed by atoms with Gasteiger partial charge in [-0.1, -0.05) is 54.6 Å². The normalized spacial score (nSPS) is 11.3. The van der Waals surface area contributed by atoms with Gasteiger partial charge in [0.15, 0.2) is 5.96 Å². The fourth-order valence-electron chi connectivity index (χ4n) is 2.51. The van der Waals surface area contributed by atoms with Gasteiger partial charge in [-0.3, -0.25) is 0 Å². The summed E-state index contributed by atoms with van der Waals surface area (Å²) in [5.41, 5.74) is 8.14. The number of nitrogens with zero attached hydrogens (tertiary/aromatic N) is 1. The summed E-state index contributed by atoms with van der Waals surface area (Å²) in [6.45, 7) is 1.81. The molecule has 2 aromatic carbocycles. The van der Waals surface area contributed by atoms with Gasteiger partial charge in [0, 0.05) is 17.0 Å². The molecule has 0 aliphatic rings. The Bertz CT molecular complexity index is 816. The molecule has 0 radical (unpaired) electrons. The van der Waals surface area contributed by atoms with Crippen LogP contribution in [0, 0.1) is 0 Å². The topological polar surface area (TPSA) is 59.6 Å². The van der Waals surface area contributed by atoms with E-state index in [0.717, 1.165) is 29.8 Å². The van der Waals surface area contributed by atoms with E-state index in [1.807, 2.05) is 42.5 Å². The van der Waals surface area contributed by atoms with Gasteiger partial charge in [0.25, 0.3) is 0 Å². The highest BCUT2D eigenvalue weighted by atomic mass is 32.1. The molecule has 0 aliphatic heterocycles. The van der Waals surface area contributed by atoms with Crippen molar-refractivity contribution < 1.29 is 4.74 Å². The zero-order valence-electron chi connectivity index (χ0n) is 14.6. The Morgan fingerprint density at radius 2 is 1.81 bits per heavy atom. The largest absolute Gasteiger partial charge is 0.489 e. The van der Waals surface area contributed by atoms with Crippen molar-refractivity contribution in [3.63, 3.8) is 0 Å². The van der Waals surface area contributed by atoms with Gasteiger partial charge in [0.1, 0.15) is 12.4 Å². The fraction of sp³-hybridized carbons (Fsp3) is 0.190. The molecule has 3 aromatic rings. The molecule has 0 bridgehead atoms. The molecule has 5 heteroatoms. The van der Waals surface area contributed by atoms with Gasteiger partial charge in [-0.25, -0.2) is 4.99 Å². The SMILES string of the molecule is NC(=NCc1ccccc1OCc1ccccc1)NCCc1cccs1. The molecule has 1 aromatic heterocycles. The summed E-state index contributed by atoms with van der Waals surface area (Å²) in [7, 11) is 0. The van der Waals surface area contributed by atoms with Crippen LogP contribution in [0.2, 0.25) is 0 Å². The minimum Gasteiger partial charge on any atom is -0.489 e. The van der Waals surface area contributed by atoms with Gasteiger partial charge < -0.3 is 15.8 Å². The Morgan fingerprint density at radius 3 is 2.62 bits per heavy atom. The van der Waals surface area contributed by atoms with Crippen LogP contribution < -0.4 is 15.8 Å². The van der Waals surface area contributed by atoms with E-state index in [1.54, 1.807) is 11.3 Å². The fourth-order valence-corrected chi connectivity index (χ4v) is 3.21. The number of hydrogen-bond acceptors (Lipinski definition) is 3. The van der Waals surface area contributed by atoms with Crippen LogP contribution in [-0.4, -0.2) is 12.5 Å². The average Bonchev–Trinajstić information content (AvgIpc) is 3.20. The van der Waals surface area contributed by atoms with E-state index in [9.17, 15) is 0 Å². The van der Waals surface area contributed by atoms with Gasteiger partial charge in [-0.15, -0.1) is 11.3 Å². The lowest BCUT2D eigenvalue weighted by molar-refractivity contribution is 0.303. The van der Waals surface area contributed by atoms with Crippen LogP contribution in [0.25, 0.3) is 0 Å². The van der Waals surface area contributed by atoms with E-state index in [0.29, 0.717) is 19.1 Å². The number of nitrogens with one attached hydrogen (secondary N) is 1. The summed E-state index contributed by atoms with van der Waals surface area (Å²) in [6, 6.07) is 22.2. The molecule has 26 heavy (non-hydrogen) atoms. The zero-order valence-corrected chi connectivity index (χ0v) is 15.4. The molecular formula is C21H23N3OS. The van der Waals surface area contributed by atoms with Crippen molar-refractivity contribution in [1.29, 1.82) is 0 Å². The first kappa shape index (κ1) is 18.0. The Labute approximate surface area is 158 Å². The quantitative estimate of drug-likeness (QED) is 0.469. The number of ether oxygens (including phenoxy) is 1. The smallest absolute Gasteiger partial charge is 0.188 e. The van der Waals surface area contributed by atoms with Crippen LogP contribution in [-0.2, 0) is 19.6 Å². The molecule has 0 saturated carbocycles. The monoisotopic (exact) mass is 365 g/mol. The van der Waals surface area contributed by atoms with Gasteiger partial charge in [0.05, 0.1) is 6.54 Å². The summed E-state index contributed by atoms with van der Waals surface area (Å²) in [6.07, 6.45) is 0.949. The summed E-state index contributed by atoms with van der Waals surface area (Å²) >= 11 is 1.75. The number of benzene rings is 2.